The van der Waals surface area contributed by atoms with E-state index in [0.717, 1.165) is 24.3 Å². The van der Waals surface area contributed by atoms with E-state index in [-0.39, 0.29) is 0 Å². The molecule has 0 aliphatic heterocycles. The molecule has 0 unspecified atom stereocenters. The highest BCUT2D eigenvalue weighted by Gasteiger charge is 2.30. The van der Waals surface area contributed by atoms with E-state index in [9.17, 15) is 26.3 Å². The Balaban J connectivity index is 1.91. The lowest BCUT2D eigenvalue weighted by Gasteiger charge is -2.10. The molecule has 7 heteroatoms. The second-order valence-corrected chi connectivity index (χ2v) is 5.61. The maximum absolute atomic E-state index is 12.6. The maximum atomic E-state index is 12.6. The summed E-state index contributed by atoms with van der Waals surface area (Å²) < 4.78 is 75.8. The van der Waals surface area contributed by atoms with E-state index in [0.29, 0.717) is 22.3 Å². The molecule has 0 N–H and O–H groups in total. The minimum absolute atomic E-state index is 0.527. The predicted molar refractivity (Wildman–Crippen MR) is 85.1 cm³/mol. The number of aromatic nitrogens is 1. The van der Waals surface area contributed by atoms with Gasteiger partial charge >= 0.3 is 12.4 Å². The van der Waals surface area contributed by atoms with Gasteiger partial charge in [-0.05, 0) is 41.5 Å². The minimum Gasteiger partial charge on any atom is -0.263 e. The van der Waals surface area contributed by atoms with Crippen molar-refractivity contribution in [3.63, 3.8) is 0 Å². The van der Waals surface area contributed by atoms with Crippen LogP contribution >= 0.6 is 0 Å². The van der Waals surface area contributed by atoms with Gasteiger partial charge in [-0.2, -0.15) is 26.3 Å². The Morgan fingerprint density at radius 1 is 0.500 bits per heavy atom. The van der Waals surface area contributed by atoms with Crippen LogP contribution in [0.3, 0.4) is 0 Å². The van der Waals surface area contributed by atoms with E-state index in [2.05, 4.69) is 4.98 Å². The molecule has 0 spiro atoms. The zero-order chi connectivity index (χ0) is 18.9. The van der Waals surface area contributed by atoms with Gasteiger partial charge in [0.1, 0.15) is 0 Å². The van der Waals surface area contributed by atoms with Gasteiger partial charge in [0.2, 0.25) is 0 Å². The lowest BCUT2D eigenvalue weighted by atomic mass is 10.0. The average molecular weight is 367 g/mol. The van der Waals surface area contributed by atoms with E-state index < -0.39 is 23.5 Å². The van der Waals surface area contributed by atoms with Crippen LogP contribution < -0.4 is 0 Å². The first kappa shape index (κ1) is 18.0. The van der Waals surface area contributed by atoms with Crippen molar-refractivity contribution in [2.24, 2.45) is 0 Å². The van der Waals surface area contributed by atoms with Crippen LogP contribution in [-0.2, 0) is 12.4 Å². The number of pyridine rings is 1. The van der Waals surface area contributed by atoms with Crippen molar-refractivity contribution in [3.8, 4) is 22.3 Å². The number of benzene rings is 2. The minimum atomic E-state index is -4.42. The molecular weight excluding hydrogens is 356 g/mol. The van der Waals surface area contributed by atoms with Crippen molar-refractivity contribution in [1.82, 2.24) is 4.98 Å². The summed E-state index contributed by atoms with van der Waals surface area (Å²) in [5.41, 5.74) is 0.673. The SMILES string of the molecule is FC(F)(F)c1ccc(-c2cncc(-c3ccc(C(F)(F)F)cc3)c2)cc1. The van der Waals surface area contributed by atoms with Gasteiger partial charge in [0, 0.05) is 23.5 Å². The molecule has 0 saturated carbocycles. The van der Waals surface area contributed by atoms with Gasteiger partial charge in [0.15, 0.2) is 0 Å². The molecule has 3 aromatic rings. The van der Waals surface area contributed by atoms with Gasteiger partial charge in [-0.25, -0.2) is 0 Å². The molecule has 3 rings (SSSR count). The molecule has 0 aliphatic carbocycles. The summed E-state index contributed by atoms with van der Waals surface area (Å²) in [6, 6.07) is 10.9. The van der Waals surface area contributed by atoms with Crippen LogP contribution in [0.2, 0.25) is 0 Å². The van der Waals surface area contributed by atoms with Crippen molar-refractivity contribution in [1.29, 1.82) is 0 Å². The van der Waals surface area contributed by atoms with E-state index in [1.165, 1.54) is 36.7 Å². The first-order valence-corrected chi connectivity index (χ1v) is 7.45. The monoisotopic (exact) mass is 367 g/mol. The smallest absolute Gasteiger partial charge is 0.263 e. The highest BCUT2D eigenvalue weighted by atomic mass is 19.4. The van der Waals surface area contributed by atoms with E-state index in [1.807, 2.05) is 0 Å². The molecule has 0 saturated heterocycles. The molecule has 0 aliphatic rings. The molecule has 0 bridgehead atoms. The fraction of sp³-hybridized carbons (Fsp3) is 0.105. The second kappa shape index (κ2) is 6.48. The molecule has 0 amide bonds. The van der Waals surface area contributed by atoms with Crippen LogP contribution in [0.5, 0.6) is 0 Å². The first-order chi connectivity index (χ1) is 12.1. The average Bonchev–Trinajstić information content (AvgIpc) is 2.61. The van der Waals surface area contributed by atoms with Crippen molar-refractivity contribution >= 4 is 0 Å². The number of hydrogen-bond acceptors (Lipinski definition) is 1. The van der Waals surface area contributed by atoms with Crippen LogP contribution in [0.15, 0.2) is 67.0 Å². The molecule has 0 fully saturated rings. The topological polar surface area (TPSA) is 12.9 Å². The number of halogens is 6. The highest BCUT2D eigenvalue weighted by Crippen LogP contribution is 2.33. The van der Waals surface area contributed by atoms with Crippen molar-refractivity contribution in [2.45, 2.75) is 12.4 Å². The lowest BCUT2D eigenvalue weighted by molar-refractivity contribution is -0.138. The van der Waals surface area contributed by atoms with Crippen LogP contribution in [0, 0.1) is 0 Å². The van der Waals surface area contributed by atoms with Crippen molar-refractivity contribution in [3.05, 3.63) is 78.1 Å². The van der Waals surface area contributed by atoms with Gasteiger partial charge in [-0.15, -0.1) is 0 Å². The van der Waals surface area contributed by atoms with Gasteiger partial charge in [0.05, 0.1) is 11.1 Å². The van der Waals surface area contributed by atoms with Gasteiger partial charge in [-0.1, -0.05) is 24.3 Å². The number of hydrogen-bond donors (Lipinski definition) is 0. The second-order valence-electron chi connectivity index (χ2n) is 5.61. The Morgan fingerprint density at radius 3 is 1.15 bits per heavy atom. The zero-order valence-electron chi connectivity index (χ0n) is 13.1. The molecule has 1 aromatic heterocycles. The lowest BCUT2D eigenvalue weighted by Crippen LogP contribution is -2.04. The third-order valence-electron chi connectivity index (χ3n) is 3.83. The summed E-state index contributed by atoms with van der Waals surface area (Å²) in [5, 5.41) is 0. The van der Waals surface area contributed by atoms with Crippen molar-refractivity contribution in [2.75, 3.05) is 0 Å². The molecule has 2 aromatic carbocycles. The first-order valence-electron chi connectivity index (χ1n) is 7.45. The van der Waals surface area contributed by atoms with Crippen LogP contribution in [0.25, 0.3) is 22.3 Å². The quantitative estimate of drug-likeness (QED) is 0.474. The Morgan fingerprint density at radius 2 is 0.846 bits per heavy atom. The molecule has 1 nitrogen and oxygen atoms in total. The summed E-state index contributed by atoms with van der Waals surface area (Å²) in [6.07, 6.45) is -5.87. The molecule has 134 valence electrons. The van der Waals surface area contributed by atoms with Crippen LogP contribution in [0.4, 0.5) is 26.3 Å². The van der Waals surface area contributed by atoms with Gasteiger partial charge < -0.3 is 0 Å². The fourth-order valence-corrected chi connectivity index (χ4v) is 2.46. The fourth-order valence-electron chi connectivity index (χ4n) is 2.46. The summed E-state index contributed by atoms with van der Waals surface area (Å²) >= 11 is 0. The largest absolute Gasteiger partial charge is 0.416 e. The van der Waals surface area contributed by atoms with E-state index in [4.69, 9.17) is 0 Å². The number of rotatable bonds is 2. The Labute approximate surface area is 144 Å². The summed E-state index contributed by atoms with van der Waals surface area (Å²) in [7, 11) is 0. The number of nitrogens with zero attached hydrogens (tertiary/aromatic N) is 1. The molecule has 0 radical (unpaired) electrons. The normalized spacial score (nSPS) is 12.2. The van der Waals surface area contributed by atoms with Crippen LogP contribution in [0.1, 0.15) is 11.1 Å². The summed E-state index contributed by atoms with van der Waals surface area (Å²) in [4.78, 5) is 4.04. The molecule has 0 atom stereocenters. The Bertz CT molecular complexity index is 820. The standard InChI is InChI=1S/C19H11F6N/c20-18(21,22)16-5-1-12(2-6-16)14-9-15(11-26-10-14)13-3-7-17(8-4-13)19(23,24)25/h1-11H. The van der Waals surface area contributed by atoms with Crippen LogP contribution in [-0.4, -0.2) is 4.98 Å². The molecular formula is C19H11F6N. The van der Waals surface area contributed by atoms with Gasteiger partial charge in [0.25, 0.3) is 0 Å². The van der Waals surface area contributed by atoms with Crippen molar-refractivity contribution < 1.29 is 26.3 Å². The third-order valence-corrected chi connectivity index (χ3v) is 3.83. The Kier molecular flexibility index (Phi) is 4.48. The number of alkyl halides is 6. The maximum Gasteiger partial charge on any atom is 0.416 e. The molecule has 26 heavy (non-hydrogen) atoms. The zero-order valence-corrected chi connectivity index (χ0v) is 13.1. The highest BCUT2D eigenvalue weighted by molar-refractivity contribution is 5.72. The van der Waals surface area contributed by atoms with E-state index >= 15 is 0 Å². The summed E-state index contributed by atoms with van der Waals surface area (Å²) in [6.45, 7) is 0. The molecule has 1 heterocycles. The Hall–Kier alpha value is -2.83. The van der Waals surface area contributed by atoms with E-state index in [1.54, 1.807) is 6.07 Å². The summed E-state index contributed by atoms with van der Waals surface area (Å²) in [5.74, 6) is 0. The predicted octanol–water partition coefficient (Wildman–Crippen LogP) is 6.45. The third kappa shape index (κ3) is 3.87. The van der Waals surface area contributed by atoms with Gasteiger partial charge in [-0.3, -0.25) is 4.98 Å².